The van der Waals surface area contributed by atoms with Gasteiger partial charge in [-0.3, -0.25) is 4.98 Å². The van der Waals surface area contributed by atoms with Crippen LogP contribution < -0.4 is 4.83 Å². The zero-order chi connectivity index (χ0) is 19.6. The summed E-state index contributed by atoms with van der Waals surface area (Å²) >= 11 is 5.96. The van der Waals surface area contributed by atoms with Crippen LogP contribution in [-0.2, 0) is 10.0 Å². The van der Waals surface area contributed by atoms with Gasteiger partial charge in [-0.2, -0.15) is 23.1 Å². The third-order valence-corrected chi connectivity index (χ3v) is 5.59. The number of aromatic nitrogens is 3. The number of nitrogens with one attached hydrogen (secondary N) is 1. The number of hydrogen-bond donors (Lipinski definition) is 1. The van der Waals surface area contributed by atoms with Gasteiger partial charge in [0, 0.05) is 16.8 Å². The van der Waals surface area contributed by atoms with E-state index in [9.17, 15) is 8.42 Å². The molecule has 2 aromatic heterocycles. The van der Waals surface area contributed by atoms with Crippen molar-refractivity contribution < 1.29 is 8.42 Å². The molecule has 0 saturated heterocycles. The van der Waals surface area contributed by atoms with E-state index in [1.807, 2.05) is 18.2 Å². The van der Waals surface area contributed by atoms with Crippen molar-refractivity contribution in [3.05, 3.63) is 90.1 Å². The summed E-state index contributed by atoms with van der Waals surface area (Å²) in [7, 11) is -3.82. The highest BCUT2D eigenvalue weighted by molar-refractivity contribution is 7.92. The smallest absolute Gasteiger partial charge is 0.255 e. The topological polar surface area (TPSA) is 76.9 Å². The first-order chi connectivity index (χ1) is 13.5. The molecule has 0 radical (unpaired) electrons. The van der Waals surface area contributed by atoms with Gasteiger partial charge >= 0.3 is 0 Å². The lowest BCUT2D eigenvalue weighted by Gasteiger charge is -2.10. The molecule has 2 heterocycles. The molecule has 28 heavy (non-hydrogen) atoms. The average Bonchev–Trinajstić information content (AvgIpc) is 3.13. The summed E-state index contributed by atoms with van der Waals surface area (Å²) in [6.45, 7) is 0. The van der Waals surface area contributed by atoms with Crippen molar-refractivity contribution in [3.8, 4) is 22.6 Å². The SMILES string of the molecule is O=S(=O)(Nn1nc(-c2ccc(Cl)cc2)cc1-c1ccccn1)c1ccccc1. The molecule has 6 nitrogen and oxygen atoms in total. The highest BCUT2D eigenvalue weighted by Gasteiger charge is 2.19. The molecule has 1 N–H and O–H groups in total. The van der Waals surface area contributed by atoms with E-state index in [1.165, 1.54) is 16.9 Å². The van der Waals surface area contributed by atoms with Gasteiger partial charge in [-0.25, -0.2) is 0 Å². The van der Waals surface area contributed by atoms with Crippen molar-refractivity contribution in [3.63, 3.8) is 0 Å². The van der Waals surface area contributed by atoms with Crippen LogP contribution in [0.3, 0.4) is 0 Å². The molecule has 8 heteroatoms. The first-order valence-electron chi connectivity index (χ1n) is 8.38. The predicted octanol–water partition coefficient (Wildman–Crippen LogP) is 4.20. The minimum Gasteiger partial charge on any atom is -0.255 e. The molecule has 4 aromatic rings. The predicted molar refractivity (Wildman–Crippen MR) is 109 cm³/mol. The second-order valence-electron chi connectivity index (χ2n) is 5.96. The Balaban J connectivity index is 1.80. The molecule has 0 aliphatic heterocycles. The van der Waals surface area contributed by atoms with Crippen molar-refractivity contribution in [2.24, 2.45) is 0 Å². The van der Waals surface area contributed by atoms with Gasteiger partial charge in [-0.05, 0) is 42.5 Å². The number of benzene rings is 2. The minimum atomic E-state index is -3.82. The standard InChI is InChI=1S/C20H15ClN4O2S/c21-16-11-9-15(10-12-16)19-14-20(18-8-4-5-13-22-18)25(23-19)24-28(26,27)17-6-2-1-3-7-17/h1-14,24H. The highest BCUT2D eigenvalue weighted by atomic mass is 35.5. The molecule has 4 rings (SSSR count). The normalized spacial score (nSPS) is 11.3. The molecule has 2 aromatic carbocycles. The van der Waals surface area contributed by atoms with Crippen LogP contribution in [0.15, 0.2) is 90.0 Å². The second kappa shape index (κ2) is 7.46. The Morgan fingerprint density at radius 2 is 1.57 bits per heavy atom. The maximum absolute atomic E-state index is 12.8. The van der Waals surface area contributed by atoms with E-state index < -0.39 is 10.0 Å². The fourth-order valence-corrected chi connectivity index (χ4v) is 3.79. The van der Waals surface area contributed by atoms with Gasteiger partial charge in [0.15, 0.2) is 0 Å². The van der Waals surface area contributed by atoms with Crippen LogP contribution in [0, 0.1) is 0 Å². The van der Waals surface area contributed by atoms with E-state index in [2.05, 4.69) is 14.9 Å². The fourth-order valence-electron chi connectivity index (χ4n) is 2.68. The lowest BCUT2D eigenvalue weighted by atomic mass is 10.1. The maximum Gasteiger partial charge on any atom is 0.276 e. The molecular weight excluding hydrogens is 396 g/mol. The molecule has 140 valence electrons. The van der Waals surface area contributed by atoms with Gasteiger partial charge in [-0.1, -0.05) is 48.0 Å². The molecule has 0 fully saturated rings. The van der Waals surface area contributed by atoms with Crippen LogP contribution in [0.1, 0.15) is 0 Å². The summed E-state index contributed by atoms with van der Waals surface area (Å²) in [6, 6.07) is 22.5. The second-order valence-corrected chi connectivity index (χ2v) is 8.05. The molecule has 0 aliphatic carbocycles. The Hall–Kier alpha value is -3.16. The van der Waals surface area contributed by atoms with Crippen LogP contribution in [-0.4, -0.2) is 23.3 Å². The van der Waals surface area contributed by atoms with Crippen LogP contribution >= 0.6 is 11.6 Å². The van der Waals surface area contributed by atoms with Crippen molar-refractivity contribution in [1.82, 2.24) is 14.9 Å². The van der Waals surface area contributed by atoms with Gasteiger partial charge in [0.05, 0.1) is 16.3 Å². The zero-order valence-corrected chi connectivity index (χ0v) is 16.1. The van der Waals surface area contributed by atoms with E-state index in [4.69, 9.17) is 11.6 Å². The summed E-state index contributed by atoms with van der Waals surface area (Å²) in [4.78, 5) is 8.21. The largest absolute Gasteiger partial charge is 0.276 e. The molecule has 0 aliphatic rings. The summed E-state index contributed by atoms with van der Waals surface area (Å²) in [6.07, 6.45) is 1.64. The number of rotatable bonds is 5. The number of hydrogen-bond acceptors (Lipinski definition) is 4. The van der Waals surface area contributed by atoms with Crippen molar-refractivity contribution in [2.45, 2.75) is 4.90 Å². The Labute approximate surface area is 167 Å². The lowest BCUT2D eigenvalue weighted by molar-refractivity contribution is 0.592. The molecular formula is C20H15ClN4O2S. The van der Waals surface area contributed by atoms with Gasteiger partial charge in [0.1, 0.15) is 5.69 Å². The van der Waals surface area contributed by atoms with Crippen molar-refractivity contribution >= 4 is 21.6 Å². The molecule has 0 amide bonds. The third kappa shape index (κ3) is 3.76. The Kier molecular flexibility index (Phi) is 4.85. The Bertz CT molecular complexity index is 1190. The molecule has 0 unspecified atom stereocenters. The van der Waals surface area contributed by atoms with E-state index in [0.717, 1.165) is 5.56 Å². The van der Waals surface area contributed by atoms with Gasteiger partial charge in [0.25, 0.3) is 10.0 Å². The quantitative estimate of drug-likeness (QED) is 0.535. The van der Waals surface area contributed by atoms with Crippen molar-refractivity contribution in [2.75, 3.05) is 4.83 Å². The van der Waals surface area contributed by atoms with E-state index in [1.54, 1.807) is 54.7 Å². The molecule has 0 atom stereocenters. The summed E-state index contributed by atoms with van der Waals surface area (Å²) in [5.41, 5.74) is 2.50. The minimum absolute atomic E-state index is 0.144. The van der Waals surface area contributed by atoms with E-state index in [0.29, 0.717) is 22.1 Å². The molecule has 0 spiro atoms. The number of sulfonamides is 1. The molecule has 0 saturated carbocycles. The van der Waals surface area contributed by atoms with Crippen molar-refractivity contribution in [1.29, 1.82) is 0 Å². The Morgan fingerprint density at radius 1 is 0.857 bits per heavy atom. The fraction of sp³-hybridized carbons (Fsp3) is 0. The van der Waals surface area contributed by atoms with Gasteiger partial charge in [-0.15, -0.1) is 0 Å². The summed E-state index contributed by atoms with van der Waals surface area (Å²) in [5.74, 6) is 0. The van der Waals surface area contributed by atoms with E-state index >= 15 is 0 Å². The monoisotopic (exact) mass is 410 g/mol. The maximum atomic E-state index is 12.8. The van der Waals surface area contributed by atoms with Gasteiger partial charge in [0.2, 0.25) is 0 Å². The van der Waals surface area contributed by atoms with E-state index in [-0.39, 0.29) is 4.90 Å². The Morgan fingerprint density at radius 3 is 2.25 bits per heavy atom. The third-order valence-electron chi connectivity index (χ3n) is 4.04. The van der Waals surface area contributed by atoms with Crippen LogP contribution in [0.4, 0.5) is 0 Å². The highest BCUT2D eigenvalue weighted by Crippen LogP contribution is 2.26. The zero-order valence-electron chi connectivity index (χ0n) is 14.5. The van der Waals surface area contributed by atoms with Crippen LogP contribution in [0.2, 0.25) is 5.02 Å². The lowest BCUT2D eigenvalue weighted by Crippen LogP contribution is -2.25. The number of halogens is 1. The first-order valence-corrected chi connectivity index (χ1v) is 10.2. The summed E-state index contributed by atoms with van der Waals surface area (Å²) in [5, 5.41) is 5.05. The van der Waals surface area contributed by atoms with Gasteiger partial charge < -0.3 is 0 Å². The summed E-state index contributed by atoms with van der Waals surface area (Å²) < 4.78 is 25.5. The number of pyridine rings is 1. The average molecular weight is 411 g/mol. The number of nitrogens with zero attached hydrogens (tertiary/aromatic N) is 3. The molecule has 0 bridgehead atoms. The van der Waals surface area contributed by atoms with Crippen LogP contribution in [0.25, 0.3) is 22.6 Å². The first kappa shape index (κ1) is 18.2. The van der Waals surface area contributed by atoms with Crippen LogP contribution in [0.5, 0.6) is 0 Å².